The highest BCUT2D eigenvalue weighted by Crippen LogP contribution is 2.32. The van der Waals surface area contributed by atoms with E-state index in [1.807, 2.05) is 38.1 Å². The Hall–Kier alpha value is -2.30. The van der Waals surface area contributed by atoms with Crippen molar-refractivity contribution >= 4 is 11.7 Å². The first-order valence-electron chi connectivity index (χ1n) is 9.60. The monoisotopic (exact) mass is 355 g/mol. The second-order valence-electron chi connectivity index (χ2n) is 7.30. The first kappa shape index (κ1) is 18.5. The summed E-state index contributed by atoms with van der Waals surface area (Å²) >= 11 is 0. The van der Waals surface area contributed by atoms with Gasteiger partial charge in [-0.05, 0) is 50.8 Å². The van der Waals surface area contributed by atoms with Crippen LogP contribution in [0.5, 0.6) is 0 Å². The Morgan fingerprint density at radius 3 is 2.65 bits per heavy atom. The molecular formula is C21H29N3O2. The molecule has 0 spiro atoms. The molecule has 140 valence electrons. The van der Waals surface area contributed by atoms with Gasteiger partial charge in [-0.15, -0.1) is 0 Å². The molecule has 1 aliphatic heterocycles. The number of aromatic nitrogens is 2. The second kappa shape index (κ2) is 7.52. The molecule has 2 aromatic rings. The Bertz CT molecular complexity index is 815. The highest BCUT2D eigenvalue weighted by molar-refractivity contribution is 6.02. The predicted molar refractivity (Wildman–Crippen MR) is 103 cm³/mol. The summed E-state index contributed by atoms with van der Waals surface area (Å²) in [6.07, 6.45) is 6.98. The molecule has 1 aliphatic rings. The van der Waals surface area contributed by atoms with Crippen molar-refractivity contribution in [1.29, 1.82) is 0 Å². The van der Waals surface area contributed by atoms with E-state index in [1.165, 1.54) is 5.69 Å². The first-order chi connectivity index (χ1) is 12.5. The van der Waals surface area contributed by atoms with Crippen LogP contribution in [-0.2, 0) is 13.5 Å². The van der Waals surface area contributed by atoms with E-state index in [4.69, 9.17) is 0 Å². The largest absolute Gasteiger partial charge is 0.354 e. The van der Waals surface area contributed by atoms with Crippen LogP contribution in [-0.4, -0.2) is 32.7 Å². The molecule has 1 fully saturated rings. The highest BCUT2D eigenvalue weighted by atomic mass is 16.2. The second-order valence-corrected chi connectivity index (χ2v) is 7.30. The van der Waals surface area contributed by atoms with E-state index in [1.54, 1.807) is 6.92 Å². The van der Waals surface area contributed by atoms with E-state index < -0.39 is 0 Å². The van der Waals surface area contributed by atoms with E-state index in [2.05, 4.69) is 15.6 Å². The first-order valence-corrected chi connectivity index (χ1v) is 9.60. The van der Waals surface area contributed by atoms with Crippen molar-refractivity contribution in [3.8, 4) is 0 Å². The van der Waals surface area contributed by atoms with Crippen LogP contribution in [0.3, 0.4) is 0 Å². The lowest BCUT2D eigenvalue weighted by Crippen LogP contribution is -2.36. The molecule has 0 saturated carbocycles. The molecule has 3 rings (SSSR count). The summed E-state index contributed by atoms with van der Waals surface area (Å²) in [5, 5.41) is 0. The minimum absolute atomic E-state index is 0.0181. The number of aryl methyl sites for hydroxylation is 2. The van der Waals surface area contributed by atoms with Crippen LogP contribution in [0.1, 0.15) is 83.4 Å². The summed E-state index contributed by atoms with van der Waals surface area (Å²) in [4.78, 5) is 30.8. The van der Waals surface area contributed by atoms with Crippen molar-refractivity contribution in [3.05, 3.63) is 46.5 Å². The number of aromatic amines is 1. The van der Waals surface area contributed by atoms with Gasteiger partial charge in [-0.25, -0.2) is 0 Å². The Balaban J connectivity index is 2.03. The molecule has 0 aliphatic carbocycles. The zero-order chi connectivity index (χ0) is 18.8. The summed E-state index contributed by atoms with van der Waals surface area (Å²) in [6, 6.07) is 4.23. The van der Waals surface area contributed by atoms with Gasteiger partial charge >= 0.3 is 0 Å². The van der Waals surface area contributed by atoms with Gasteiger partial charge in [-0.2, -0.15) is 0 Å². The fraction of sp³-hybridized carbons (Fsp3) is 0.524. The number of amides is 1. The van der Waals surface area contributed by atoms with Gasteiger partial charge in [0, 0.05) is 36.7 Å². The van der Waals surface area contributed by atoms with E-state index >= 15 is 0 Å². The molecular weight excluding hydrogens is 326 g/mol. The van der Waals surface area contributed by atoms with Crippen LogP contribution < -0.4 is 0 Å². The molecule has 5 nitrogen and oxygen atoms in total. The lowest BCUT2D eigenvalue weighted by Gasteiger charge is -2.30. The number of likely N-dealkylation sites (tertiary alicyclic amines) is 1. The average Bonchev–Trinajstić information content (AvgIpc) is 3.08. The van der Waals surface area contributed by atoms with E-state index in [0.717, 1.165) is 43.5 Å². The van der Waals surface area contributed by atoms with E-state index in [9.17, 15) is 9.59 Å². The maximum absolute atomic E-state index is 13.5. The SMILES string of the molecule is CCc1c(C(=O)N2CCCCCC2c2cccn2C)[nH]c(C)c1C(C)=O. The summed E-state index contributed by atoms with van der Waals surface area (Å²) in [5.41, 5.74) is 4.10. The van der Waals surface area contributed by atoms with Crippen molar-refractivity contribution in [2.45, 2.75) is 58.9 Å². The Labute approximate surface area is 155 Å². The third-order valence-electron chi connectivity index (χ3n) is 5.55. The molecule has 3 heterocycles. The summed E-state index contributed by atoms with van der Waals surface area (Å²) < 4.78 is 2.11. The lowest BCUT2D eigenvalue weighted by molar-refractivity contribution is 0.0668. The van der Waals surface area contributed by atoms with E-state index in [0.29, 0.717) is 17.7 Å². The molecule has 1 N–H and O–H groups in total. The number of carbonyl (C=O) groups excluding carboxylic acids is 2. The van der Waals surface area contributed by atoms with Crippen LogP contribution in [0.4, 0.5) is 0 Å². The van der Waals surface area contributed by atoms with Crippen LogP contribution >= 0.6 is 0 Å². The molecule has 1 atom stereocenters. The Kier molecular flexibility index (Phi) is 5.35. The molecule has 2 aromatic heterocycles. The Morgan fingerprint density at radius 2 is 2.04 bits per heavy atom. The minimum atomic E-state index is 0.0181. The third-order valence-corrected chi connectivity index (χ3v) is 5.55. The number of hydrogen-bond acceptors (Lipinski definition) is 2. The van der Waals surface area contributed by atoms with Crippen LogP contribution in [0.2, 0.25) is 0 Å². The standard InChI is InChI=1S/C21H29N3O2/c1-5-16-19(15(3)25)14(2)22-20(16)21(26)24-13-8-6-7-10-18(24)17-11-9-12-23(17)4/h9,11-12,18,22H,5-8,10,13H2,1-4H3. The number of nitrogens with one attached hydrogen (secondary N) is 1. The molecule has 1 saturated heterocycles. The number of H-pyrrole nitrogens is 1. The van der Waals surface area contributed by atoms with Crippen molar-refractivity contribution in [3.63, 3.8) is 0 Å². The number of nitrogens with zero attached hydrogens (tertiary/aromatic N) is 2. The highest BCUT2D eigenvalue weighted by Gasteiger charge is 2.32. The maximum Gasteiger partial charge on any atom is 0.271 e. The van der Waals surface area contributed by atoms with E-state index in [-0.39, 0.29) is 17.7 Å². The average molecular weight is 355 g/mol. The smallest absolute Gasteiger partial charge is 0.271 e. The molecule has 1 unspecified atom stereocenters. The van der Waals surface area contributed by atoms with Crippen molar-refractivity contribution in [2.75, 3.05) is 6.54 Å². The van der Waals surface area contributed by atoms with Crippen LogP contribution in [0.15, 0.2) is 18.3 Å². The van der Waals surface area contributed by atoms with Crippen LogP contribution in [0, 0.1) is 6.92 Å². The van der Waals surface area contributed by atoms with Crippen molar-refractivity contribution in [1.82, 2.24) is 14.5 Å². The van der Waals surface area contributed by atoms with Gasteiger partial charge in [0.2, 0.25) is 0 Å². The molecule has 0 radical (unpaired) electrons. The quantitative estimate of drug-likeness (QED) is 0.836. The number of carbonyl (C=O) groups is 2. The predicted octanol–water partition coefficient (Wildman–Crippen LogP) is 4.18. The Morgan fingerprint density at radius 1 is 1.27 bits per heavy atom. The van der Waals surface area contributed by atoms with Crippen molar-refractivity contribution in [2.24, 2.45) is 7.05 Å². The molecule has 0 bridgehead atoms. The third kappa shape index (κ3) is 3.22. The fourth-order valence-corrected chi connectivity index (χ4v) is 4.31. The van der Waals surface area contributed by atoms with Crippen LogP contribution in [0.25, 0.3) is 0 Å². The molecule has 26 heavy (non-hydrogen) atoms. The van der Waals surface area contributed by atoms with Gasteiger partial charge in [0.15, 0.2) is 5.78 Å². The normalized spacial score (nSPS) is 18.0. The summed E-state index contributed by atoms with van der Waals surface area (Å²) in [6.45, 7) is 6.21. The minimum Gasteiger partial charge on any atom is -0.354 e. The lowest BCUT2D eigenvalue weighted by atomic mass is 10.0. The topological polar surface area (TPSA) is 58.1 Å². The number of Topliss-reactive ketones (excluding diaryl/α,β-unsaturated/α-hetero) is 1. The molecule has 0 aromatic carbocycles. The zero-order valence-corrected chi connectivity index (χ0v) is 16.3. The van der Waals surface area contributed by atoms with Gasteiger partial charge < -0.3 is 14.5 Å². The van der Waals surface area contributed by atoms with Gasteiger partial charge in [-0.3, -0.25) is 9.59 Å². The molecule has 5 heteroatoms. The number of hydrogen-bond donors (Lipinski definition) is 1. The number of rotatable bonds is 4. The number of ketones is 1. The zero-order valence-electron chi connectivity index (χ0n) is 16.3. The van der Waals surface area contributed by atoms with Gasteiger partial charge in [-0.1, -0.05) is 19.8 Å². The molecule has 1 amide bonds. The van der Waals surface area contributed by atoms with Gasteiger partial charge in [0.05, 0.1) is 6.04 Å². The fourth-order valence-electron chi connectivity index (χ4n) is 4.31. The summed E-state index contributed by atoms with van der Waals surface area (Å²) in [5.74, 6) is 0.0371. The summed E-state index contributed by atoms with van der Waals surface area (Å²) in [7, 11) is 2.03. The van der Waals surface area contributed by atoms with Gasteiger partial charge in [0.1, 0.15) is 5.69 Å². The van der Waals surface area contributed by atoms with Gasteiger partial charge in [0.25, 0.3) is 5.91 Å². The van der Waals surface area contributed by atoms with Crippen molar-refractivity contribution < 1.29 is 9.59 Å². The maximum atomic E-state index is 13.5.